The summed E-state index contributed by atoms with van der Waals surface area (Å²) in [6, 6.07) is 0.987. The van der Waals surface area contributed by atoms with Crippen molar-refractivity contribution >= 4 is 0 Å². The first kappa shape index (κ1) is 5.65. The molecule has 0 amide bonds. The van der Waals surface area contributed by atoms with Crippen molar-refractivity contribution in [2.75, 3.05) is 0 Å². The topological polar surface area (TPSA) is 12.0 Å². The molecule has 1 aliphatic heterocycles. The van der Waals surface area contributed by atoms with Gasteiger partial charge in [-0.25, -0.2) is 0 Å². The third kappa shape index (κ3) is 1.02. The molecule has 1 heteroatoms. The smallest absolute Gasteiger partial charge is 0.0689 e. The van der Waals surface area contributed by atoms with Gasteiger partial charge in [0.2, 0.25) is 0 Å². The maximum atomic E-state index is 5.18. The fraction of sp³-hybridized carbons (Fsp3) is 0.714. The molecule has 1 saturated heterocycles. The zero-order valence-electron chi connectivity index (χ0n) is 5.15. The van der Waals surface area contributed by atoms with Crippen LogP contribution in [-0.4, -0.2) is 12.1 Å². The van der Waals surface area contributed by atoms with Crippen LogP contribution < -0.4 is 5.32 Å². The van der Waals surface area contributed by atoms with E-state index in [1.54, 1.807) is 0 Å². The van der Waals surface area contributed by atoms with E-state index < -0.39 is 0 Å². The Bertz CT molecular complexity index is 112. The summed E-state index contributed by atoms with van der Waals surface area (Å²) in [5.74, 6) is 2.68. The highest BCUT2D eigenvalue weighted by Crippen LogP contribution is 2.09. The van der Waals surface area contributed by atoms with Crippen molar-refractivity contribution in [2.45, 2.75) is 31.8 Å². The van der Waals surface area contributed by atoms with Crippen molar-refractivity contribution < 1.29 is 0 Å². The highest BCUT2D eigenvalue weighted by molar-refractivity contribution is 5.02. The summed E-state index contributed by atoms with van der Waals surface area (Å²) in [5, 5.41) is 3.27. The average molecular weight is 109 g/mol. The van der Waals surface area contributed by atoms with Crippen molar-refractivity contribution in [3.8, 4) is 12.3 Å². The number of hydrogen-bond donors (Lipinski definition) is 1. The lowest BCUT2D eigenvalue weighted by Crippen LogP contribution is -2.25. The van der Waals surface area contributed by atoms with Gasteiger partial charge in [0.15, 0.2) is 0 Å². The Kier molecular flexibility index (Phi) is 1.55. The summed E-state index contributed by atoms with van der Waals surface area (Å²) < 4.78 is 0. The predicted octanol–water partition coefficient (Wildman–Crippen LogP) is 0.760. The summed E-state index contributed by atoms with van der Waals surface area (Å²) in [5.41, 5.74) is 0. The van der Waals surface area contributed by atoms with Gasteiger partial charge >= 0.3 is 0 Å². The average Bonchev–Trinajstić information content (AvgIpc) is 2.14. The number of terminal acetylenes is 1. The lowest BCUT2D eigenvalue weighted by molar-refractivity contribution is 0.635. The Hall–Kier alpha value is -0.480. The molecule has 1 fully saturated rings. The Morgan fingerprint density at radius 3 is 2.62 bits per heavy atom. The summed E-state index contributed by atoms with van der Waals surface area (Å²) >= 11 is 0. The van der Waals surface area contributed by atoms with Gasteiger partial charge in [0.05, 0.1) is 6.04 Å². The van der Waals surface area contributed by atoms with Crippen LogP contribution >= 0.6 is 0 Å². The minimum absolute atomic E-state index is 0.352. The first-order valence-corrected chi connectivity index (χ1v) is 3.05. The van der Waals surface area contributed by atoms with Gasteiger partial charge in [-0.05, 0) is 19.8 Å². The molecule has 1 N–H and O–H groups in total. The SMILES string of the molecule is C#C[C@H]1CC[C@@H](C)N1. The second-order valence-electron chi connectivity index (χ2n) is 2.36. The van der Waals surface area contributed by atoms with E-state index in [0.29, 0.717) is 12.1 Å². The highest BCUT2D eigenvalue weighted by atomic mass is 15.0. The fourth-order valence-corrected chi connectivity index (χ4v) is 1.06. The normalized spacial score (nSPS) is 37.0. The monoisotopic (exact) mass is 109 g/mol. The summed E-state index contributed by atoms with van der Waals surface area (Å²) in [7, 11) is 0. The Morgan fingerprint density at radius 1 is 1.62 bits per heavy atom. The third-order valence-corrected chi connectivity index (χ3v) is 1.58. The van der Waals surface area contributed by atoms with E-state index >= 15 is 0 Å². The van der Waals surface area contributed by atoms with Gasteiger partial charge in [-0.15, -0.1) is 6.42 Å². The lowest BCUT2D eigenvalue weighted by Gasteiger charge is -2.01. The van der Waals surface area contributed by atoms with Gasteiger partial charge in [-0.3, -0.25) is 0 Å². The van der Waals surface area contributed by atoms with E-state index in [2.05, 4.69) is 18.2 Å². The van der Waals surface area contributed by atoms with E-state index in [0.717, 1.165) is 6.42 Å². The number of hydrogen-bond acceptors (Lipinski definition) is 1. The maximum absolute atomic E-state index is 5.18. The van der Waals surface area contributed by atoms with Crippen molar-refractivity contribution in [1.82, 2.24) is 5.32 Å². The van der Waals surface area contributed by atoms with Gasteiger partial charge in [-0.1, -0.05) is 5.92 Å². The molecule has 0 radical (unpaired) electrons. The first-order valence-electron chi connectivity index (χ1n) is 3.05. The molecule has 2 atom stereocenters. The van der Waals surface area contributed by atoms with E-state index in [9.17, 15) is 0 Å². The van der Waals surface area contributed by atoms with Crippen LogP contribution in [0.25, 0.3) is 0 Å². The van der Waals surface area contributed by atoms with Crippen LogP contribution in [0.2, 0.25) is 0 Å². The van der Waals surface area contributed by atoms with Crippen molar-refractivity contribution in [2.24, 2.45) is 0 Å². The molecule has 0 unspecified atom stereocenters. The number of nitrogens with one attached hydrogen (secondary N) is 1. The first-order chi connectivity index (χ1) is 3.83. The molecule has 1 nitrogen and oxygen atoms in total. The zero-order chi connectivity index (χ0) is 5.98. The predicted molar refractivity (Wildman–Crippen MR) is 34.5 cm³/mol. The Labute approximate surface area is 50.5 Å². The van der Waals surface area contributed by atoms with Gasteiger partial charge in [0, 0.05) is 6.04 Å². The summed E-state index contributed by atoms with van der Waals surface area (Å²) in [6.45, 7) is 2.16. The van der Waals surface area contributed by atoms with Crippen LogP contribution in [0.1, 0.15) is 19.8 Å². The molecule has 0 aromatic rings. The van der Waals surface area contributed by atoms with E-state index in [1.807, 2.05) is 0 Å². The fourth-order valence-electron chi connectivity index (χ4n) is 1.06. The van der Waals surface area contributed by atoms with Crippen LogP contribution in [0.3, 0.4) is 0 Å². The molecular formula is C7H11N. The van der Waals surface area contributed by atoms with E-state index in [4.69, 9.17) is 6.42 Å². The molecule has 0 aliphatic carbocycles. The quantitative estimate of drug-likeness (QED) is 0.453. The standard InChI is InChI=1S/C7H11N/c1-3-7-5-4-6(2)8-7/h1,6-8H,4-5H2,2H3/t6-,7+/m1/s1. The molecule has 8 heavy (non-hydrogen) atoms. The number of rotatable bonds is 0. The van der Waals surface area contributed by atoms with Crippen LogP contribution in [-0.2, 0) is 0 Å². The minimum Gasteiger partial charge on any atom is -0.301 e. The highest BCUT2D eigenvalue weighted by Gasteiger charge is 2.16. The lowest BCUT2D eigenvalue weighted by atomic mass is 10.2. The van der Waals surface area contributed by atoms with Crippen molar-refractivity contribution in [1.29, 1.82) is 0 Å². The van der Waals surface area contributed by atoms with Gasteiger partial charge in [0.1, 0.15) is 0 Å². The van der Waals surface area contributed by atoms with E-state index in [1.165, 1.54) is 6.42 Å². The maximum Gasteiger partial charge on any atom is 0.0689 e. The second-order valence-corrected chi connectivity index (χ2v) is 2.36. The van der Waals surface area contributed by atoms with Crippen LogP contribution in [0.4, 0.5) is 0 Å². The van der Waals surface area contributed by atoms with Crippen molar-refractivity contribution in [3.63, 3.8) is 0 Å². The largest absolute Gasteiger partial charge is 0.301 e. The molecule has 0 bridgehead atoms. The van der Waals surface area contributed by atoms with Gasteiger partial charge in [0.25, 0.3) is 0 Å². The molecular weight excluding hydrogens is 98.1 g/mol. The minimum atomic E-state index is 0.352. The molecule has 1 aliphatic rings. The van der Waals surface area contributed by atoms with E-state index in [-0.39, 0.29) is 0 Å². The zero-order valence-corrected chi connectivity index (χ0v) is 5.15. The molecule has 44 valence electrons. The molecule has 0 saturated carbocycles. The van der Waals surface area contributed by atoms with Gasteiger partial charge < -0.3 is 5.32 Å². The third-order valence-electron chi connectivity index (χ3n) is 1.58. The molecule has 0 aromatic heterocycles. The summed E-state index contributed by atoms with van der Waals surface area (Å²) in [4.78, 5) is 0. The van der Waals surface area contributed by atoms with Crippen LogP contribution in [0.15, 0.2) is 0 Å². The van der Waals surface area contributed by atoms with Crippen LogP contribution in [0, 0.1) is 12.3 Å². The van der Waals surface area contributed by atoms with Gasteiger partial charge in [-0.2, -0.15) is 0 Å². The second kappa shape index (κ2) is 2.19. The molecule has 0 spiro atoms. The molecule has 1 heterocycles. The Balaban J connectivity index is 2.35. The molecule has 0 aromatic carbocycles. The van der Waals surface area contributed by atoms with Crippen molar-refractivity contribution in [3.05, 3.63) is 0 Å². The summed E-state index contributed by atoms with van der Waals surface area (Å²) in [6.07, 6.45) is 7.56. The van der Waals surface area contributed by atoms with Crippen LogP contribution in [0.5, 0.6) is 0 Å². The molecule has 1 rings (SSSR count). The Morgan fingerprint density at radius 2 is 2.38 bits per heavy atom.